The van der Waals surface area contributed by atoms with Gasteiger partial charge in [0.15, 0.2) is 9.84 Å². The summed E-state index contributed by atoms with van der Waals surface area (Å²) in [5.41, 5.74) is 1.30. The Hall–Kier alpha value is -1.56. The summed E-state index contributed by atoms with van der Waals surface area (Å²) >= 11 is 0. The highest BCUT2D eigenvalue weighted by molar-refractivity contribution is 7.90. The number of nitrogens with zero attached hydrogens (tertiary/aromatic N) is 1. The molecule has 1 aromatic rings. The van der Waals surface area contributed by atoms with Crippen LogP contribution < -0.4 is 10.2 Å². The van der Waals surface area contributed by atoms with Gasteiger partial charge in [-0.3, -0.25) is 4.79 Å². The van der Waals surface area contributed by atoms with E-state index in [1.54, 1.807) is 12.1 Å². The van der Waals surface area contributed by atoms with E-state index in [1.165, 1.54) is 6.42 Å². The molecule has 1 aliphatic rings. The maximum Gasteiger partial charge on any atom is 0.211 e. The second-order valence-corrected chi connectivity index (χ2v) is 7.39. The van der Waals surface area contributed by atoms with Crippen LogP contribution in [0.2, 0.25) is 0 Å². The minimum absolute atomic E-state index is 0.151. The van der Waals surface area contributed by atoms with Crippen LogP contribution in [0.1, 0.15) is 19.8 Å². The van der Waals surface area contributed by atoms with Crippen molar-refractivity contribution in [3.8, 4) is 0 Å². The molecule has 1 unspecified atom stereocenters. The van der Waals surface area contributed by atoms with E-state index in [1.807, 2.05) is 6.07 Å². The lowest BCUT2D eigenvalue weighted by Gasteiger charge is -2.33. The molecule has 1 heterocycles. The largest absolute Gasteiger partial charge is 0.371 e. The van der Waals surface area contributed by atoms with Crippen molar-refractivity contribution in [2.45, 2.75) is 24.7 Å². The molecule has 1 N–H and O–H groups in total. The number of piperidine rings is 1. The van der Waals surface area contributed by atoms with Crippen molar-refractivity contribution in [2.75, 3.05) is 29.6 Å². The SMILES string of the molecule is CC1CCCN(c2ccc(S(C)(=O)=O)c(NC=O)c2)C1. The molecule has 110 valence electrons. The van der Waals surface area contributed by atoms with Crippen LogP contribution in [0.4, 0.5) is 11.4 Å². The number of anilines is 2. The Balaban J connectivity index is 2.37. The summed E-state index contributed by atoms with van der Waals surface area (Å²) in [5, 5.41) is 2.49. The zero-order valence-corrected chi connectivity index (χ0v) is 12.6. The average molecular weight is 296 g/mol. The Morgan fingerprint density at radius 2 is 2.15 bits per heavy atom. The maximum atomic E-state index is 11.7. The summed E-state index contributed by atoms with van der Waals surface area (Å²) in [6, 6.07) is 5.11. The standard InChI is InChI=1S/C14H20N2O3S/c1-11-4-3-7-16(9-11)12-5-6-14(20(2,18)19)13(8-12)15-10-17/h5-6,8,10-11H,3-4,7,9H2,1-2H3,(H,15,17). The quantitative estimate of drug-likeness (QED) is 0.862. The minimum Gasteiger partial charge on any atom is -0.371 e. The fraction of sp³-hybridized carbons (Fsp3) is 0.500. The van der Waals surface area contributed by atoms with Crippen LogP contribution in [0.15, 0.2) is 23.1 Å². The lowest BCUT2D eigenvalue weighted by molar-refractivity contribution is -0.105. The van der Waals surface area contributed by atoms with E-state index in [2.05, 4.69) is 17.1 Å². The number of carbonyl (C=O) groups excluding carboxylic acids is 1. The van der Waals surface area contributed by atoms with Crippen molar-refractivity contribution in [1.29, 1.82) is 0 Å². The molecule has 0 spiro atoms. The lowest BCUT2D eigenvalue weighted by atomic mass is 10.00. The van der Waals surface area contributed by atoms with Gasteiger partial charge in [0.05, 0.1) is 10.6 Å². The number of rotatable bonds is 4. The van der Waals surface area contributed by atoms with Crippen LogP contribution >= 0.6 is 0 Å². The van der Waals surface area contributed by atoms with Crippen molar-refractivity contribution in [3.05, 3.63) is 18.2 Å². The number of hydrogen-bond donors (Lipinski definition) is 1. The van der Waals surface area contributed by atoms with Gasteiger partial charge in [-0.05, 0) is 37.0 Å². The van der Waals surface area contributed by atoms with Gasteiger partial charge < -0.3 is 10.2 Å². The lowest BCUT2D eigenvalue weighted by Crippen LogP contribution is -2.34. The molecule has 1 fully saturated rings. The smallest absolute Gasteiger partial charge is 0.211 e. The van der Waals surface area contributed by atoms with Crippen molar-refractivity contribution in [2.24, 2.45) is 5.92 Å². The van der Waals surface area contributed by atoms with E-state index < -0.39 is 9.84 Å². The zero-order chi connectivity index (χ0) is 14.8. The highest BCUT2D eigenvalue weighted by Gasteiger charge is 2.19. The molecule has 20 heavy (non-hydrogen) atoms. The first-order chi connectivity index (χ1) is 9.41. The van der Waals surface area contributed by atoms with Gasteiger partial charge in [0.1, 0.15) is 0 Å². The molecule has 0 aliphatic carbocycles. The second kappa shape index (κ2) is 5.83. The highest BCUT2D eigenvalue weighted by Crippen LogP contribution is 2.29. The number of carbonyl (C=O) groups is 1. The van der Waals surface area contributed by atoms with Gasteiger partial charge in [-0.1, -0.05) is 6.92 Å². The van der Waals surface area contributed by atoms with Crippen LogP contribution in [-0.2, 0) is 14.6 Å². The summed E-state index contributed by atoms with van der Waals surface area (Å²) in [4.78, 5) is 13.1. The molecule has 1 amide bonds. The number of hydrogen-bond acceptors (Lipinski definition) is 4. The Morgan fingerprint density at radius 1 is 1.40 bits per heavy atom. The molecule has 0 aromatic heterocycles. The number of sulfone groups is 1. The van der Waals surface area contributed by atoms with Gasteiger partial charge >= 0.3 is 0 Å². The third kappa shape index (κ3) is 3.30. The fourth-order valence-corrected chi connectivity index (χ4v) is 3.47. The topological polar surface area (TPSA) is 66.5 Å². The molecular formula is C14H20N2O3S. The molecule has 0 radical (unpaired) electrons. The normalized spacial score (nSPS) is 19.7. The first-order valence-corrected chi connectivity index (χ1v) is 8.60. The fourth-order valence-electron chi connectivity index (χ4n) is 2.64. The van der Waals surface area contributed by atoms with Crippen LogP contribution in [0.25, 0.3) is 0 Å². The van der Waals surface area contributed by atoms with Crippen LogP contribution in [0.5, 0.6) is 0 Å². The molecule has 5 nitrogen and oxygen atoms in total. The van der Waals surface area contributed by atoms with Gasteiger partial charge in [0, 0.05) is 25.0 Å². The van der Waals surface area contributed by atoms with E-state index in [0.717, 1.165) is 31.5 Å². The second-order valence-electron chi connectivity index (χ2n) is 5.41. The molecule has 0 saturated carbocycles. The van der Waals surface area contributed by atoms with Gasteiger partial charge in [0.2, 0.25) is 6.41 Å². The van der Waals surface area contributed by atoms with E-state index in [0.29, 0.717) is 18.0 Å². The molecular weight excluding hydrogens is 276 g/mol. The molecule has 0 bridgehead atoms. The molecule has 1 aromatic carbocycles. The monoisotopic (exact) mass is 296 g/mol. The summed E-state index contributed by atoms with van der Waals surface area (Å²) in [7, 11) is -3.35. The molecule has 6 heteroatoms. The van der Waals surface area contributed by atoms with Gasteiger partial charge in [-0.15, -0.1) is 0 Å². The molecule has 1 saturated heterocycles. The van der Waals surface area contributed by atoms with Gasteiger partial charge in [-0.2, -0.15) is 0 Å². The predicted octanol–water partition coefficient (Wildman–Crippen LogP) is 1.89. The molecule has 2 rings (SSSR count). The summed E-state index contributed by atoms with van der Waals surface area (Å²) in [6.07, 6.45) is 4.00. The molecule has 1 atom stereocenters. The Morgan fingerprint density at radius 3 is 2.75 bits per heavy atom. The van der Waals surface area contributed by atoms with Crippen LogP contribution in [0.3, 0.4) is 0 Å². The Labute approximate surface area is 119 Å². The number of amides is 1. The first-order valence-electron chi connectivity index (χ1n) is 6.71. The third-order valence-corrected chi connectivity index (χ3v) is 4.75. The maximum absolute atomic E-state index is 11.7. The number of nitrogens with one attached hydrogen (secondary N) is 1. The third-order valence-electron chi connectivity index (χ3n) is 3.60. The Kier molecular flexibility index (Phi) is 4.32. The summed E-state index contributed by atoms with van der Waals surface area (Å²) in [5.74, 6) is 0.626. The van der Waals surface area contributed by atoms with E-state index in [-0.39, 0.29) is 4.90 Å². The highest BCUT2D eigenvalue weighted by atomic mass is 32.2. The number of benzene rings is 1. The van der Waals surface area contributed by atoms with E-state index in [4.69, 9.17) is 0 Å². The average Bonchev–Trinajstić information content (AvgIpc) is 2.38. The van der Waals surface area contributed by atoms with E-state index in [9.17, 15) is 13.2 Å². The van der Waals surface area contributed by atoms with Gasteiger partial charge in [0.25, 0.3) is 0 Å². The zero-order valence-electron chi connectivity index (χ0n) is 11.8. The minimum atomic E-state index is -3.35. The van der Waals surface area contributed by atoms with Crippen LogP contribution in [-0.4, -0.2) is 34.2 Å². The van der Waals surface area contributed by atoms with Crippen molar-refractivity contribution in [1.82, 2.24) is 0 Å². The summed E-state index contributed by atoms with van der Waals surface area (Å²) < 4.78 is 23.4. The van der Waals surface area contributed by atoms with Crippen molar-refractivity contribution >= 4 is 27.6 Å². The Bertz CT molecular complexity index is 598. The van der Waals surface area contributed by atoms with Crippen molar-refractivity contribution < 1.29 is 13.2 Å². The predicted molar refractivity (Wildman–Crippen MR) is 79.8 cm³/mol. The van der Waals surface area contributed by atoms with Crippen molar-refractivity contribution in [3.63, 3.8) is 0 Å². The first kappa shape index (κ1) is 14.8. The summed E-state index contributed by atoms with van der Waals surface area (Å²) in [6.45, 7) is 4.13. The molecule has 1 aliphatic heterocycles. The van der Waals surface area contributed by atoms with E-state index >= 15 is 0 Å². The van der Waals surface area contributed by atoms with Crippen LogP contribution in [0, 0.1) is 5.92 Å². The van der Waals surface area contributed by atoms with Gasteiger partial charge in [-0.25, -0.2) is 8.42 Å².